The molecule has 4 aliphatic rings. The summed E-state index contributed by atoms with van der Waals surface area (Å²) in [5.74, 6) is -13.9. The minimum Gasteiger partial charge on any atom is -0.453 e. The van der Waals surface area contributed by atoms with Crippen molar-refractivity contribution < 1.29 is 72.3 Å². The number of esters is 2. The summed E-state index contributed by atoms with van der Waals surface area (Å²) in [6, 6.07) is 0. The molecule has 4 bridgehead atoms. The van der Waals surface area contributed by atoms with E-state index in [0.717, 1.165) is 26.2 Å². The van der Waals surface area contributed by atoms with Gasteiger partial charge in [-0.1, -0.05) is 0 Å². The number of carbonyl (C=O) groups is 3. The zero-order valence-electron chi connectivity index (χ0n) is 21.3. The van der Waals surface area contributed by atoms with Gasteiger partial charge in [-0.25, -0.2) is 4.79 Å². The summed E-state index contributed by atoms with van der Waals surface area (Å²) < 4.78 is 141. The molecule has 1 N–H and O–H groups in total. The molecule has 0 aromatic heterocycles. The molecule has 0 saturated heterocycles. The van der Waals surface area contributed by atoms with Crippen LogP contribution >= 0.6 is 0 Å². The van der Waals surface area contributed by atoms with Gasteiger partial charge in [0.2, 0.25) is 0 Å². The van der Waals surface area contributed by atoms with Crippen LogP contribution in [0, 0.1) is 23.2 Å². The molecule has 0 aromatic carbocycles. The average molecular weight is 615 g/mol. The van der Waals surface area contributed by atoms with E-state index >= 15 is 0 Å². The number of Topliss-reactive ketones (excluding diaryl/α,β-unsaturated/α-hetero) is 1. The van der Waals surface area contributed by atoms with Crippen LogP contribution in [0.2, 0.25) is 0 Å². The Morgan fingerprint density at radius 1 is 0.900 bits per heavy atom. The molecule has 9 nitrogen and oxygen atoms in total. The van der Waals surface area contributed by atoms with Crippen LogP contribution in [0.25, 0.3) is 0 Å². The van der Waals surface area contributed by atoms with Gasteiger partial charge in [0.1, 0.15) is 6.61 Å². The van der Waals surface area contributed by atoms with Gasteiger partial charge in [0.25, 0.3) is 0 Å². The zero-order chi connectivity index (χ0) is 30.4. The predicted molar refractivity (Wildman–Crippen MR) is 118 cm³/mol. The van der Waals surface area contributed by atoms with Crippen molar-refractivity contribution >= 4 is 27.8 Å². The molecule has 40 heavy (non-hydrogen) atoms. The van der Waals surface area contributed by atoms with Crippen molar-refractivity contribution in [3.63, 3.8) is 0 Å². The molecule has 0 aromatic rings. The Morgan fingerprint density at radius 3 is 1.82 bits per heavy atom. The van der Waals surface area contributed by atoms with Crippen molar-refractivity contribution in [2.45, 2.75) is 87.9 Å². The van der Waals surface area contributed by atoms with Gasteiger partial charge in [0.05, 0.1) is 12.0 Å². The maximum atomic E-state index is 14.4. The number of alkyl halides is 7. The second-order valence-corrected chi connectivity index (χ2v) is 12.4. The van der Waals surface area contributed by atoms with Gasteiger partial charge in [0, 0.05) is 6.42 Å². The zero-order valence-corrected chi connectivity index (χ0v) is 22.1. The summed E-state index contributed by atoms with van der Waals surface area (Å²) in [6.45, 7) is -1.49. The fraction of sp³-hybridized carbons (Fsp3) is 0.870. The number of hydrogen-bond acceptors (Lipinski definition) is 8. The molecule has 0 heterocycles. The van der Waals surface area contributed by atoms with Gasteiger partial charge in [0.15, 0.2) is 5.78 Å². The number of unbranched alkanes of at least 4 members (excludes halogenated alkanes) is 1. The van der Waals surface area contributed by atoms with Gasteiger partial charge in [-0.05, 0) is 76.0 Å². The third-order valence-corrected chi connectivity index (χ3v) is 8.64. The van der Waals surface area contributed by atoms with Crippen LogP contribution in [-0.4, -0.2) is 67.0 Å². The van der Waals surface area contributed by atoms with Gasteiger partial charge < -0.3 is 14.2 Å². The van der Waals surface area contributed by atoms with Crippen molar-refractivity contribution in [1.29, 1.82) is 0 Å². The minimum atomic E-state index is -6.51. The Bertz CT molecular complexity index is 1070. The molecule has 4 rings (SSSR count). The molecule has 0 amide bonds. The van der Waals surface area contributed by atoms with Gasteiger partial charge in [-0.2, -0.15) is 39.2 Å². The molecule has 0 radical (unpaired) electrons. The molecular formula is C23H29F7O9S. The number of ketones is 1. The predicted octanol–water partition coefficient (Wildman–Crippen LogP) is 4.44. The van der Waals surface area contributed by atoms with Gasteiger partial charge >= 0.3 is 45.2 Å². The molecule has 0 aliphatic heterocycles. The molecule has 1 unspecified atom stereocenters. The Labute approximate surface area is 224 Å². The van der Waals surface area contributed by atoms with Crippen LogP contribution in [0.3, 0.4) is 0 Å². The average Bonchev–Trinajstić information content (AvgIpc) is 2.78. The molecule has 4 aliphatic carbocycles. The SMILES string of the molecule is CC(=O)COC(=O)C(OCCCCC(F)(F)C(F)(F)S(=O)(=O)O)(OC(=O)C12CC3CC(CC(C3)C1)C2)C(F)(F)F. The second-order valence-electron chi connectivity index (χ2n) is 11.0. The third-order valence-electron chi connectivity index (χ3n) is 7.70. The fourth-order valence-electron chi connectivity index (χ4n) is 6.25. The summed E-state index contributed by atoms with van der Waals surface area (Å²) >= 11 is 0. The quantitative estimate of drug-likeness (QED) is 0.105. The van der Waals surface area contributed by atoms with E-state index in [0.29, 0.717) is 0 Å². The molecule has 17 heteroatoms. The molecular weight excluding hydrogens is 585 g/mol. The van der Waals surface area contributed by atoms with E-state index in [1.807, 2.05) is 0 Å². The monoisotopic (exact) mass is 614 g/mol. The van der Waals surface area contributed by atoms with Crippen LogP contribution in [0.5, 0.6) is 0 Å². The third kappa shape index (κ3) is 6.25. The smallest absolute Gasteiger partial charge is 0.453 e. The van der Waals surface area contributed by atoms with Crippen LogP contribution in [0.4, 0.5) is 30.7 Å². The Kier molecular flexibility index (Phi) is 8.94. The normalized spacial score (nSPS) is 28.2. The highest BCUT2D eigenvalue weighted by Crippen LogP contribution is 2.61. The van der Waals surface area contributed by atoms with E-state index in [2.05, 4.69) is 9.47 Å². The highest BCUT2D eigenvalue weighted by Gasteiger charge is 2.70. The molecule has 4 fully saturated rings. The van der Waals surface area contributed by atoms with E-state index in [1.54, 1.807) is 0 Å². The number of rotatable bonds is 13. The lowest BCUT2D eigenvalue weighted by Gasteiger charge is -2.55. The van der Waals surface area contributed by atoms with Crippen LogP contribution in [0.15, 0.2) is 0 Å². The van der Waals surface area contributed by atoms with Crippen molar-refractivity contribution in [3.05, 3.63) is 0 Å². The number of hydrogen-bond donors (Lipinski definition) is 1. The molecule has 1 atom stereocenters. The Hall–Kier alpha value is -2.01. The highest BCUT2D eigenvalue weighted by atomic mass is 32.2. The van der Waals surface area contributed by atoms with Gasteiger partial charge in [-0.3, -0.25) is 14.1 Å². The first kappa shape index (κ1) is 32.5. The second kappa shape index (κ2) is 11.0. The maximum Gasteiger partial charge on any atom is 0.468 e. The van der Waals surface area contributed by atoms with Crippen molar-refractivity contribution in [1.82, 2.24) is 0 Å². The van der Waals surface area contributed by atoms with Crippen LogP contribution < -0.4 is 0 Å². The summed E-state index contributed by atoms with van der Waals surface area (Å²) in [5.41, 5.74) is -1.31. The molecule has 230 valence electrons. The summed E-state index contributed by atoms with van der Waals surface area (Å²) in [7, 11) is -6.51. The molecule has 0 spiro atoms. The maximum absolute atomic E-state index is 14.4. The molecule has 4 saturated carbocycles. The highest BCUT2D eigenvalue weighted by molar-refractivity contribution is 7.87. The topological polar surface area (TPSA) is 133 Å². The first-order chi connectivity index (χ1) is 18.2. The fourth-order valence-corrected chi connectivity index (χ4v) is 6.73. The van der Waals surface area contributed by atoms with E-state index in [9.17, 15) is 53.5 Å². The van der Waals surface area contributed by atoms with Crippen molar-refractivity contribution in [3.8, 4) is 0 Å². The van der Waals surface area contributed by atoms with E-state index in [-0.39, 0.29) is 37.0 Å². The van der Waals surface area contributed by atoms with Crippen LogP contribution in [0.1, 0.15) is 64.7 Å². The minimum absolute atomic E-state index is 0.0900. The first-order valence-electron chi connectivity index (χ1n) is 12.5. The summed E-state index contributed by atoms with van der Waals surface area (Å²) in [5, 5.41) is -5.87. The number of halogens is 7. The van der Waals surface area contributed by atoms with Gasteiger partial charge in [-0.15, -0.1) is 0 Å². The standard InChI is InChI=1S/C23H29F7O9S/c1-13(31)12-37-18(33)21(22(26,27)28,38-5-3-2-4-20(24,25)23(29,30)40(34,35)36)39-17(32)19-9-14-6-15(10-19)8-16(7-14)11-19/h14-16H,2-12H2,1H3,(H,34,35,36). The van der Waals surface area contributed by atoms with Crippen molar-refractivity contribution in [2.24, 2.45) is 23.2 Å². The lowest BCUT2D eigenvalue weighted by Crippen LogP contribution is -2.61. The summed E-state index contributed by atoms with van der Waals surface area (Å²) in [6.07, 6.45) is -6.44. The summed E-state index contributed by atoms with van der Waals surface area (Å²) in [4.78, 5) is 37.1. The van der Waals surface area contributed by atoms with Crippen LogP contribution in [-0.2, 0) is 38.7 Å². The van der Waals surface area contributed by atoms with Crippen molar-refractivity contribution in [2.75, 3.05) is 13.2 Å². The van der Waals surface area contributed by atoms with E-state index < -0.39 is 88.9 Å². The van der Waals surface area contributed by atoms with E-state index in [1.165, 1.54) is 0 Å². The lowest BCUT2D eigenvalue weighted by molar-refractivity contribution is -0.359. The number of carbonyl (C=O) groups excluding carboxylic acids is 3. The number of ether oxygens (including phenoxy) is 3. The lowest BCUT2D eigenvalue weighted by atomic mass is 9.49. The Balaban J connectivity index is 1.78. The largest absolute Gasteiger partial charge is 0.468 e. The Morgan fingerprint density at radius 2 is 1.40 bits per heavy atom. The first-order valence-corrected chi connectivity index (χ1v) is 13.9. The van der Waals surface area contributed by atoms with E-state index in [4.69, 9.17) is 9.29 Å².